The molecule has 0 spiro atoms. The van der Waals surface area contributed by atoms with Crippen LogP contribution in [0.3, 0.4) is 0 Å². The Bertz CT molecular complexity index is 629. The fourth-order valence-electron chi connectivity index (χ4n) is 2.47. The number of esters is 1. The van der Waals surface area contributed by atoms with Crippen molar-refractivity contribution in [1.29, 1.82) is 0 Å². The maximum atomic E-state index is 12.1. The highest BCUT2D eigenvalue weighted by Crippen LogP contribution is 2.30. The van der Waals surface area contributed by atoms with Gasteiger partial charge in [0.25, 0.3) is 0 Å². The summed E-state index contributed by atoms with van der Waals surface area (Å²) in [5.41, 5.74) is 1.54. The summed E-state index contributed by atoms with van der Waals surface area (Å²) in [7, 11) is 1.27. The van der Waals surface area contributed by atoms with Gasteiger partial charge in [0.15, 0.2) is 0 Å². The van der Waals surface area contributed by atoms with Gasteiger partial charge < -0.3 is 20.1 Å². The Labute approximate surface area is 140 Å². The number of carbonyl (C=O) groups is 3. The van der Waals surface area contributed by atoms with E-state index in [4.69, 9.17) is 4.74 Å². The molecule has 1 aromatic rings. The lowest BCUT2D eigenvalue weighted by Gasteiger charge is -2.25. The van der Waals surface area contributed by atoms with E-state index in [0.717, 1.165) is 12.0 Å². The molecule has 24 heavy (non-hydrogen) atoms. The highest BCUT2D eigenvalue weighted by molar-refractivity contribution is 5.91. The highest BCUT2D eigenvalue weighted by atomic mass is 16.5. The lowest BCUT2D eigenvalue weighted by Crippen LogP contribution is -2.39. The zero-order valence-corrected chi connectivity index (χ0v) is 13.9. The second kappa shape index (κ2) is 8.33. The second-order valence-corrected chi connectivity index (χ2v) is 5.63. The Hall–Kier alpha value is -2.57. The number of anilines is 1. The number of carbonyl (C=O) groups excluding carboxylic acids is 3. The number of fused-ring (bicyclic) bond motifs is 1. The molecule has 1 aliphatic rings. The van der Waals surface area contributed by atoms with Gasteiger partial charge in [-0.2, -0.15) is 0 Å². The lowest BCUT2D eigenvalue weighted by molar-refractivity contribution is -0.141. The summed E-state index contributed by atoms with van der Waals surface area (Å²) in [5.74, 6) is -0.473. The molecule has 1 heterocycles. The quantitative estimate of drug-likeness (QED) is 0.764. The van der Waals surface area contributed by atoms with Crippen molar-refractivity contribution in [2.45, 2.75) is 26.2 Å². The molecule has 0 saturated heterocycles. The van der Waals surface area contributed by atoms with Crippen molar-refractivity contribution in [3.63, 3.8) is 0 Å². The van der Waals surface area contributed by atoms with Crippen LogP contribution in [0.25, 0.3) is 0 Å². The fourth-order valence-corrected chi connectivity index (χ4v) is 2.47. The van der Waals surface area contributed by atoms with E-state index in [0.29, 0.717) is 24.3 Å². The van der Waals surface area contributed by atoms with Crippen LogP contribution in [0.1, 0.15) is 25.3 Å². The SMILES string of the molecule is CCCC(=O)Nc1ccc2c(c1)CC(C(=O)NCC(=O)OC)CO2. The maximum Gasteiger partial charge on any atom is 0.325 e. The van der Waals surface area contributed by atoms with Crippen LogP contribution in [-0.2, 0) is 25.5 Å². The van der Waals surface area contributed by atoms with E-state index in [1.807, 2.05) is 13.0 Å². The third-order valence-corrected chi connectivity index (χ3v) is 3.73. The molecular formula is C17H22N2O5. The summed E-state index contributed by atoms with van der Waals surface area (Å²) in [5, 5.41) is 5.36. The summed E-state index contributed by atoms with van der Waals surface area (Å²) >= 11 is 0. The Morgan fingerprint density at radius 2 is 2.12 bits per heavy atom. The van der Waals surface area contributed by atoms with Crippen LogP contribution >= 0.6 is 0 Å². The number of amides is 2. The van der Waals surface area contributed by atoms with Crippen LogP contribution in [0.15, 0.2) is 18.2 Å². The minimum Gasteiger partial charge on any atom is -0.492 e. The summed E-state index contributed by atoms with van der Waals surface area (Å²) < 4.78 is 10.1. The van der Waals surface area contributed by atoms with E-state index < -0.39 is 5.97 Å². The van der Waals surface area contributed by atoms with Crippen LogP contribution in [0.2, 0.25) is 0 Å². The molecule has 0 saturated carbocycles. The zero-order valence-electron chi connectivity index (χ0n) is 13.9. The molecule has 0 radical (unpaired) electrons. The van der Waals surface area contributed by atoms with Gasteiger partial charge in [-0.3, -0.25) is 14.4 Å². The summed E-state index contributed by atoms with van der Waals surface area (Å²) in [6.07, 6.45) is 1.73. The first-order chi connectivity index (χ1) is 11.5. The first-order valence-electron chi connectivity index (χ1n) is 7.93. The Balaban J connectivity index is 1.99. The van der Waals surface area contributed by atoms with Crippen LogP contribution in [0.5, 0.6) is 5.75 Å². The normalized spacial score (nSPS) is 15.7. The standard InChI is InChI=1S/C17H22N2O5/c1-3-4-15(20)19-13-5-6-14-11(8-13)7-12(10-24-14)17(22)18-9-16(21)23-2/h5-6,8,12H,3-4,7,9-10H2,1-2H3,(H,18,22)(H,19,20). The van der Waals surface area contributed by atoms with Crippen molar-refractivity contribution in [3.8, 4) is 5.75 Å². The third kappa shape index (κ3) is 4.71. The number of hydrogen-bond acceptors (Lipinski definition) is 5. The number of benzene rings is 1. The van der Waals surface area contributed by atoms with E-state index >= 15 is 0 Å². The van der Waals surface area contributed by atoms with Crippen LogP contribution in [0, 0.1) is 5.92 Å². The predicted molar refractivity (Wildman–Crippen MR) is 87.7 cm³/mol. The molecule has 1 aliphatic heterocycles. The van der Waals surface area contributed by atoms with E-state index in [1.165, 1.54) is 7.11 Å². The van der Waals surface area contributed by atoms with Crippen LogP contribution in [-0.4, -0.2) is 38.0 Å². The molecular weight excluding hydrogens is 312 g/mol. The number of rotatable bonds is 6. The van der Waals surface area contributed by atoms with Gasteiger partial charge in [-0.1, -0.05) is 6.92 Å². The van der Waals surface area contributed by atoms with E-state index in [9.17, 15) is 14.4 Å². The van der Waals surface area contributed by atoms with Crippen molar-refractivity contribution in [3.05, 3.63) is 23.8 Å². The first kappa shape index (κ1) is 17.8. The van der Waals surface area contributed by atoms with Gasteiger partial charge in [0, 0.05) is 12.1 Å². The predicted octanol–water partition coefficient (Wildman–Crippen LogP) is 1.27. The minimum atomic E-state index is -0.499. The largest absolute Gasteiger partial charge is 0.492 e. The smallest absolute Gasteiger partial charge is 0.325 e. The number of hydrogen-bond donors (Lipinski definition) is 2. The average Bonchev–Trinajstić information content (AvgIpc) is 2.58. The van der Waals surface area contributed by atoms with Crippen molar-refractivity contribution in [2.24, 2.45) is 5.92 Å². The van der Waals surface area contributed by atoms with E-state index in [1.54, 1.807) is 12.1 Å². The molecule has 2 rings (SSSR count). The van der Waals surface area contributed by atoms with E-state index in [-0.39, 0.29) is 30.9 Å². The highest BCUT2D eigenvalue weighted by Gasteiger charge is 2.26. The molecule has 2 amide bonds. The van der Waals surface area contributed by atoms with Gasteiger partial charge in [0.1, 0.15) is 18.9 Å². The number of methoxy groups -OCH3 is 1. The van der Waals surface area contributed by atoms with Crippen molar-refractivity contribution in [1.82, 2.24) is 5.32 Å². The Morgan fingerprint density at radius 1 is 1.33 bits per heavy atom. The minimum absolute atomic E-state index is 0.0402. The fraction of sp³-hybridized carbons (Fsp3) is 0.471. The second-order valence-electron chi connectivity index (χ2n) is 5.63. The average molecular weight is 334 g/mol. The zero-order chi connectivity index (χ0) is 17.5. The molecule has 1 aromatic carbocycles. The van der Waals surface area contributed by atoms with Gasteiger partial charge in [0.2, 0.25) is 11.8 Å². The molecule has 1 unspecified atom stereocenters. The topological polar surface area (TPSA) is 93.7 Å². The van der Waals surface area contributed by atoms with Crippen molar-refractivity contribution >= 4 is 23.5 Å². The molecule has 0 aliphatic carbocycles. The molecule has 0 aromatic heterocycles. The Morgan fingerprint density at radius 3 is 2.83 bits per heavy atom. The molecule has 2 N–H and O–H groups in total. The van der Waals surface area contributed by atoms with Gasteiger partial charge >= 0.3 is 5.97 Å². The van der Waals surface area contributed by atoms with Gasteiger partial charge in [-0.15, -0.1) is 0 Å². The van der Waals surface area contributed by atoms with Gasteiger partial charge in [-0.25, -0.2) is 0 Å². The molecule has 7 nitrogen and oxygen atoms in total. The van der Waals surface area contributed by atoms with Crippen molar-refractivity contribution < 1.29 is 23.9 Å². The van der Waals surface area contributed by atoms with Crippen LogP contribution < -0.4 is 15.4 Å². The maximum absolute atomic E-state index is 12.1. The van der Waals surface area contributed by atoms with E-state index in [2.05, 4.69) is 15.4 Å². The summed E-state index contributed by atoms with van der Waals surface area (Å²) in [4.78, 5) is 34.9. The third-order valence-electron chi connectivity index (χ3n) is 3.73. The molecule has 130 valence electrons. The van der Waals surface area contributed by atoms with Crippen molar-refractivity contribution in [2.75, 3.05) is 25.6 Å². The summed E-state index contributed by atoms with van der Waals surface area (Å²) in [6.45, 7) is 2.03. The lowest BCUT2D eigenvalue weighted by atomic mass is 9.95. The van der Waals surface area contributed by atoms with Gasteiger partial charge in [-0.05, 0) is 36.6 Å². The summed E-state index contributed by atoms with van der Waals surface area (Å²) in [6, 6.07) is 5.39. The molecule has 7 heteroatoms. The molecule has 1 atom stereocenters. The van der Waals surface area contributed by atoms with Gasteiger partial charge in [0.05, 0.1) is 13.0 Å². The molecule has 0 fully saturated rings. The monoisotopic (exact) mass is 334 g/mol. The van der Waals surface area contributed by atoms with Crippen LogP contribution in [0.4, 0.5) is 5.69 Å². The number of nitrogens with one attached hydrogen (secondary N) is 2. The number of ether oxygens (including phenoxy) is 2. The first-order valence-corrected chi connectivity index (χ1v) is 7.93. The molecule has 0 bridgehead atoms. The Kier molecular flexibility index (Phi) is 6.17.